The van der Waals surface area contributed by atoms with Crippen LogP contribution < -0.4 is 16.1 Å². The monoisotopic (exact) mass is 371 g/mol. The van der Waals surface area contributed by atoms with Gasteiger partial charge < -0.3 is 20.3 Å². The maximum atomic E-state index is 15.1. The second-order valence-corrected chi connectivity index (χ2v) is 8.39. The highest BCUT2D eigenvalue weighted by atomic mass is 19.1. The van der Waals surface area contributed by atoms with E-state index in [0.29, 0.717) is 23.3 Å². The largest absolute Gasteiger partial charge is 0.477 e. The first-order valence-corrected chi connectivity index (χ1v) is 9.44. The molecule has 0 amide bonds. The lowest BCUT2D eigenvalue weighted by atomic mass is 10.0. The molecule has 7 heteroatoms. The number of carbonyl (C=O) groups is 1. The van der Waals surface area contributed by atoms with Crippen LogP contribution in [0.5, 0.6) is 0 Å². The molecule has 1 spiro atoms. The minimum Gasteiger partial charge on any atom is -0.477 e. The number of aromatic nitrogens is 1. The summed E-state index contributed by atoms with van der Waals surface area (Å²) in [5, 5.41) is 9.53. The van der Waals surface area contributed by atoms with Crippen molar-refractivity contribution in [2.75, 3.05) is 18.0 Å². The Bertz CT molecular complexity index is 1050. The Labute approximate surface area is 155 Å². The van der Waals surface area contributed by atoms with Crippen LogP contribution in [-0.2, 0) is 0 Å². The summed E-state index contributed by atoms with van der Waals surface area (Å²) in [6.45, 7) is 3.16. The van der Waals surface area contributed by atoms with Crippen LogP contribution in [0.3, 0.4) is 0 Å². The molecule has 2 aromatic rings. The van der Waals surface area contributed by atoms with Gasteiger partial charge in [-0.15, -0.1) is 0 Å². The summed E-state index contributed by atoms with van der Waals surface area (Å²) in [6, 6.07) is 1.42. The predicted octanol–water partition coefficient (Wildman–Crippen LogP) is 2.41. The van der Waals surface area contributed by atoms with E-state index in [9.17, 15) is 14.7 Å². The highest BCUT2D eigenvalue weighted by Gasteiger charge is 2.54. The standard InChI is InChI=1S/C20H22FN3O3/c1-10-16-12(18(25)13(19(26)27)7-24(16)11-2-3-11)6-14(21)17(10)23-8-15(22)20(9-23)4-5-20/h6-7,11,15H,2-5,8-9,22H2,1H3,(H,26,27). The lowest BCUT2D eigenvalue weighted by Gasteiger charge is -2.24. The second kappa shape index (κ2) is 5.32. The Balaban J connectivity index is 1.75. The average Bonchev–Trinajstić information content (AvgIpc) is 3.49. The third-order valence-electron chi connectivity index (χ3n) is 6.57. The number of carboxylic acids is 1. The van der Waals surface area contributed by atoms with Crippen LogP contribution in [-0.4, -0.2) is 34.8 Å². The molecular weight excluding hydrogens is 349 g/mol. The number of carboxylic acid groups (broad SMARTS) is 1. The molecule has 3 fully saturated rings. The molecular formula is C20H22FN3O3. The van der Waals surface area contributed by atoms with Gasteiger partial charge in [-0.25, -0.2) is 9.18 Å². The zero-order valence-corrected chi connectivity index (χ0v) is 15.2. The van der Waals surface area contributed by atoms with Crippen LogP contribution in [0.2, 0.25) is 0 Å². The van der Waals surface area contributed by atoms with E-state index in [4.69, 9.17) is 5.73 Å². The van der Waals surface area contributed by atoms with Crippen molar-refractivity contribution in [2.45, 2.75) is 44.7 Å². The van der Waals surface area contributed by atoms with Gasteiger partial charge in [-0.3, -0.25) is 4.79 Å². The molecule has 6 nitrogen and oxygen atoms in total. The third kappa shape index (κ3) is 2.34. The van der Waals surface area contributed by atoms with Crippen molar-refractivity contribution in [2.24, 2.45) is 11.1 Å². The van der Waals surface area contributed by atoms with Gasteiger partial charge in [-0.2, -0.15) is 0 Å². The summed E-state index contributed by atoms with van der Waals surface area (Å²) in [5.74, 6) is -1.76. The number of hydrogen-bond donors (Lipinski definition) is 2. The minimum absolute atomic E-state index is 0.0343. The van der Waals surface area contributed by atoms with Crippen LogP contribution in [0.25, 0.3) is 10.9 Å². The van der Waals surface area contributed by atoms with Crippen LogP contribution >= 0.6 is 0 Å². The molecule has 1 atom stereocenters. The van der Waals surface area contributed by atoms with Crippen molar-refractivity contribution in [1.29, 1.82) is 0 Å². The van der Waals surface area contributed by atoms with Gasteiger partial charge in [0.25, 0.3) is 0 Å². The van der Waals surface area contributed by atoms with E-state index in [1.165, 1.54) is 12.3 Å². The Kier molecular flexibility index (Phi) is 3.30. The quantitative estimate of drug-likeness (QED) is 0.865. The highest BCUT2D eigenvalue weighted by molar-refractivity contribution is 5.95. The number of hydrogen-bond acceptors (Lipinski definition) is 4. The number of halogens is 1. The van der Waals surface area contributed by atoms with Gasteiger partial charge in [0.1, 0.15) is 11.4 Å². The van der Waals surface area contributed by atoms with Crippen molar-refractivity contribution in [3.05, 3.63) is 39.4 Å². The fourth-order valence-corrected chi connectivity index (χ4v) is 4.70. The van der Waals surface area contributed by atoms with E-state index in [2.05, 4.69) is 0 Å². The predicted molar refractivity (Wildman–Crippen MR) is 100.0 cm³/mol. The molecule has 0 radical (unpaired) electrons. The maximum Gasteiger partial charge on any atom is 0.341 e. The van der Waals surface area contributed by atoms with E-state index in [0.717, 1.165) is 32.2 Å². The number of pyridine rings is 1. The minimum atomic E-state index is -1.28. The second-order valence-electron chi connectivity index (χ2n) is 8.39. The number of aryl methyl sites for hydroxylation is 1. The molecule has 1 saturated heterocycles. The van der Waals surface area contributed by atoms with E-state index in [1.54, 1.807) is 0 Å². The molecule has 2 aliphatic carbocycles. The SMILES string of the molecule is Cc1c(N2CC(N)C3(CC3)C2)c(F)cc2c(=O)c(C(=O)O)cn(C3CC3)c12. The average molecular weight is 371 g/mol. The Morgan fingerprint density at radius 3 is 2.63 bits per heavy atom. The zero-order chi connectivity index (χ0) is 19.1. The Hall–Kier alpha value is -2.41. The molecule has 3 aliphatic rings. The van der Waals surface area contributed by atoms with Crippen molar-refractivity contribution < 1.29 is 14.3 Å². The summed E-state index contributed by atoms with van der Waals surface area (Å²) in [4.78, 5) is 26.2. The molecule has 2 heterocycles. The Morgan fingerprint density at radius 2 is 2.07 bits per heavy atom. The van der Waals surface area contributed by atoms with Crippen LogP contribution in [0.1, 0.15) is 47.6 Å². The third-order valence-corrected chi connectivity index (χ3v) is 6.57. The summed E-state index contributed by atoms with van der Waals surface area (Å²) < 4.78 is 17.0. The van der Waals surface area contributed by atoms with E-state index in [1.807, 2.05) is 16.4 Å². The van der Waals surface area contributed by atoms with Crippen LogP contribution in [0.15, 0.2) is 17.1 Å². The number of nitrogens with zero attached hydrogens (tertiary/aromatic N) is 2. The number of nitrogens with two attached hydrogens (primary N) is 1. The summed E-state index contributed by atoms with van der Waals surface area (Å²) in [5.41, 5.74) is 7.31. The van der Waals surface area contributed by atoms with Gasteiger partial charge in [0.05, 0.1) is 11.2 Å². The zero-order valence-electron chi connectivity index (χ0n) is 15.2. The molecule has 1 unspecified atom stereocenters. The molecule has 2 saturated carbocycles. The smallest absolute Gasteiger partial charge is 0.341 e. The lowest BCUT2D eigenvalue weighted by molar-refractivity contribution is 0.0695. The van der Waals surface area contributed by atoms with Crippen LogP contribution in [0, 0.1) is 18.2 Å². The molecule has 1 aromatic carbocycles. The number of aromatic carboxylic acids is 1. The van der Waals surface area contributed by atoms with Gasteiger partial charge in [0, 0.05) is 42.2 Å². The molecule has 3 N–H and O–H groups in total. The lowest BCUT2D eigenvalue weighted by Crippen LogP contribution is -2.30. The first-order valence-electron chi connectivity index (χ1n) is 9.44. The van der Waals surface area contributed by atoms with Crippen molar-refractivity contribution in [3.8, 4) is 0 Å². The summed E-state index contributed by atoms with van der Waals surface area (Å²) in [6.07, 6.45) is 5.44. The van der Waals surface area contributed by atoms with E-state index < -0.39 is 17.2 Å². The van der Waals surface area contributed by atoms with Gasteiger partial charge in [0.15, 0.2) is 0 Å². The van der Waals surface area contributed by atoms with Crippen molar-refractivity contribution in [3.63, 3.8) is 0 Å². The molecule has 5 rings (SSSR count). The van der Waals surface area contributed by atoms with Crippen molar-refractivity contribution >= 4 is 22.6 Å². The first-order chi connectivity index (χ1) is 12.8. The van der Waals surface area contributed by atoms with Crippen molar-refractivity contribution in [1.82, 2.24) is 4.57 Å². The molecule has 0 bridgehead atoms. The summed E-state index contributed by atoms with van der Waals surface area (Å²) in [7, 11) is 0. The van der Waals surface area contributed by atoms with Gasteiger partial charge in [-0.1, -0.05) is 0 Å². The molecule has 27 heavy (non-hydrogen) atoms. The molecule has 142 valence electrons. The van der Waals surface area contributed by atoms with Crippen LogP contribution in [0.4, 0.5) is 10.1 Å². The van der Waals surface area contributed by atoms with E-state index in [-0.39, 0.29) is 28.4 Å². The first kappa shape index (κ1) is 16.7. The summed E-state index contributed by atoms with van der Waals surface area (Å²) >= 11 is 0. The topological polar surface area (TPSA) is 88.6 Å². The highest BCUT2D eigenvalue weighted by Crippen LogP contribution is 2.53. The fraction of sp³-hybridized carbons (Fsp3) is 0.500. The van der Waals surface area contributed by atoms with Gasteiger partial charge >= 0.3 is 5.97 Å². The normalized spacial score (nSPS) is 23.4. The Morgan fingerprint density at radius 1 is 1.37 bits per heavy atom. The number of rotatable bonds is 3. The van der Waals surface area contributed by atoms with E-state index >= 15 is 4.39 Å². The molecule has 1 aliphatic heterocycles. The van der Waals surface area contributed by atoms with Gasteiger partial charge in [0.2, 0.25) is 5.43 Å². The fourth-order valence-electron chi connectivity index (χ4n) is 4.70. The number of fused-ring (bicyclic) bond motifs is 1. The number of anilines is 1. The number of benzene rings is 1. The maximum absolute atomic E-state index is 15.1. The molecule has 1 aromatic heterocycles. The van der Waals surface area contributed by atoms with Gasteiger partial charge in [-0.05, 0) is 44.2 Å².